The van der Waals surface area contributed by atoms with Crippen molar-refractivity contribution in [3.05, 3.63) is 23.8 Å². The van der Waals surface area contributed by atoms with Crippen LogP contribution in [0.3, 0.4) is 0 Å². The molecule has 1 heterocycles. The van der Waals surface area contributed by atoms with Crippen molar-refractivity contribution < 1.29 is 0 Å². The molecular formula is C9H13N2. The van der Waals surface area contributed by atoms with Crippen molar-refractivity contribution in [2.75, 3.05) is 0 Å². The summed E-state index contributed by atoms with van der Waals surface area (Å²) < 4.78 is 0. The maximum absolute atomic E-state index is 4.27. The number of nitrogens with zero attached hydrogens (tertiary/aromatic N) is 2. The molecule has 2 nitrogen and oxygen atoms in total. The minimum absolute atomic E-state index is 0.651. The third-order valence-electron chi connectivity index (χ3n) is 1.38. The van der Waals surface area contributed by atoms with Gasteiger partial charge in [0.2, 0.25) is 0 Å². The average molecular weight is 149 g/mol. The summed E-state index contributed by atoms with van der Waals surface area (Å²) in [5.41, 5.74) is 1.09. The summed E-state index contributed by atoms with van der Waals surface area (Å²) >= 11 is 0. The van der Waals surface area contributed by atoms with Crippen molar-refractivity contribution in [1.82, 2.24) is 9.97 Å². The highest BCUT2D eigenvalue weighted by Crippen LogP contribution is 2.03. The van der Waals surface area contributed by atoms with Crippen molar-refractivity contribution >= 4 is 0 Å². The monoisotopic (exact) mass is 149 g/mol. The van der Waals surface area contributed by atoms with Gasteiger partial charge in [-0.05, 0) is 25.3 Å². The van der Waals surface area contributed by atoms with Gasteiger partial charge in [-0.25, -0.2) is 9.97 Å². The molecule has 1 aromatic heterocycles. The smallest absolute Gasteiger partial charge is 0.126 e. The van der Waals surface area contributed by atoms with Crippen molar-refractivity contribution in [3.8, 4) is 0 Å². The predicted octanol–water partition coefficient (Wildman–Crippen LogP) is 1.78. The molecule has 59 valence electrons. The van der Waals surface area contributed by atoms with Gasteiger partial charge >= 0.3 is 0 Å². The molecule has 0 saturated carbocycles. The van der Waals surface area contributed by atoms with Crippen LogP contribution >= 0.6 is 0 Å². The molecule has 0 N–H and O–H groups in total. The Bertz CT molecular complexity index is 231. The molecule has 0 fully saturated rings. The maximum atomic E-state index is 4.27. The van der Waals surface area contributed by atoms with E-state index in [0.29, 0.717) is 5.92 Å². The second-order valence-corrected chi connectivity index (χ2v) is 3.13. The zero-order valence-corrected chi connectivity index (χ0v) is 7.26. The van der Waals surface area contributed by atoms with Crippen LogP contribution in [-0.2, 0) is 6.42 Å². The fraction of sp³-hybridized carbons (Fsp3) is 0.556. The van der Waals surface area contributed by atoms with Crippen LogP contribution < -0.4 is 0 Å². The van der Waals surface area contributed by atoms with E-state index in [-0.39, 0.29) is 0 Å². The van der Waals surface area contributed by atoms with Crippen LogP contribution in [0.5, 0.6) is 0 Å². The molecule has 0 aromatic carbocycles. The lowest BCUT2D eigenvalue weighted by molar-refractivity contribution is 0.632. The first-order valence-corrected chi connectivity index (χ1v) is 3.89. The van der Waals surface area contributed by atoms with E-state index < -0.39 is 0 Å². The number of hydrogen-bond acceptors (Lipinski definition) is 2. The van der Waals surface area contributed by atoms with E-state index in [2.05, 4.69) is 30.0 Å². The summed E-state index contributed by atoms with van der Waals surface area (Å²) in [5.74, 6) is 1.46. The van der Waals surface area contributed by atoms with Crippen LogP contribution in [-0.4, -0.2) is 9.97 Å². The van der Waals surface area contributed by atoms with Crippen LogP contribution in [0.2, 0.25) is 0 Å². The molecule has 1 radical (unpaired) electrons. The summed E-state index contributed by atoms with van der Waals surface area (Å²) in [6.45, 7) is 6.25. The van der Waals surface area contributed by atoms with Crippen LogP contribution in [0.1, 0.15) is 25.4 Å². The lowest BCUT2D eigenvalue weighted by Gasteiger charge is -2.02. The number of hydrogen-bond donors (Lipinski definition) is 0. The van der Waals surface area contributed by atoms with E-state index in [0.717, 1.165) is 17.9 Å². The van der Waals surface area contributed by atoms with Crippen LogP contribution in [0.25, 0.3) is 0 Å². The Morgan fingerprint density at radius 2 is 2.27 bits per heavy atom. The topological polar surface area (TPSA) is 25.8 Å². The van der Waals surface area contributed by atoms with Crippen LogP contribution in [0.4, 0.5) is 0 Å². The second-order valence-electron chi connectivity index (χ2n) is 3.13. The zero-order valence-electron chi connectivity index (χ0n) is 7.26. The van der Waals surface area contributed by atoms with Crippen molar-refractivity contribution in [2.24, 2.45) is 5.92 Å². The predicted molar refractivity (Wildman–Crippen MR) is 44.1 cm³/mol. The highest BCUT2D eigenvalue weighted by Gasteiger charge is 1.98. The van der Waals surface area contributed by atoms with E-state index in [1.807, 2.05) is 13.0 Å². The Kier molecular flexibility index (Phi) is 2.58. The van der Waals surface area contributed by atoms with Gasteiger partial charge in [0, 0.05) is 5.69 Å². The first-order valence-electron chi connectivity index (χ1n) is 3.89. The molecule has 2 heteroatoms. The molecule has 0 aliphatic carbocycles. The molecule has 0 aliphatic rings. The lowest BCUT2D eigenvalue weighted by Crippen LogP contribution is -1.99. The molecule has 0 aliphatic heterocycles. The quantitative estimate of drug-likeness (QED) is 0.640. The van der Waals surface area contributed by atoms with Gasteiger partial charge < -0.3 is 0 Å². The van der Waals surface area contributed by atoms with Crippen LogP contribution in [0, 0.1) is 19.0 Å². The van der Waals surface area contributed by atoms with E-state index >= 15 is 0 Å². The first kappa shape index (κ1) is 8.18. The summed E-state index contributed by atoms with van der Waals surface area (Å²) in [6, 6.07) is 1.85. The van der Waals surface area contributed by atoms with Gasteiger partial charge in [-0.15, -0.1) is 0 Å². The summed E-state index contributed by atoms with van der Waals surface area (Å²) in [7, 11) is 0. The van der Waals surface area contributed by atoms with Crippen molar-refractivity contribution in [3.63, 3.8) is 0 Å². The minimum Gasteiger partial charge on any atom is -0.238 e. The summed E-state index contributed by atoms with van der Waals surface area (Å²) in [6.07, 6.45) is 3.84. The Morgan fingerprint density at radius 3 is 2.82 bits per heavy atom. The molecule has 0 unspecified atom stereocenters. The fourth-order valence-corrected chi connectivity index (χ4v) is 0.988. The third-order valence-corrected chi connectivity index (χ3v) is 1.38. The summed E-state index contributed by atoms with van der Waals surface area (Å²) in [5, 5.41) is 0. The van der Waals surface area contributed by atoms with Gasteiger partial charge in [-0.1, -0.05) is 13.8 Å². The van der Waals surface area contributed by atoms with E-state index in [1.165, 1.54) is 0 Å². The van der Waals surface area contributed by atoms with Crippen LogP contribution in [0.15, 0.2) is 6.07 Å². The maximum Gasteiger partial charge on any atom is 0.126 e. The average Bonchev–Trinajstić information content (AvgIpc) is 1.85. The standard InChI is InChI=1S/C9H13N2/c1-7(2)6-9-4-5-10-8(3)11-9/h4,7H,6H2,1-3H3. The van der Waals surface area contributed by atoms with Gasteiger partial charge in [0.05, 0.1) is 6.20 Å². The molecule has 0 saturated heterocycles. The largest absolute Gasteiger partial charge is 0.238 e. The second kappa shape index (κ2) is 3.46. The molecule has 11 heavy (non-hydrogen) atoms. The van der Waals surface area contributed by atoms with E-state index in [4.69, 9.17) is 0 Å². The van der Waals surface area contributed by atoms with Crippen molar-refractivity contribution in [1.29, 1.82) is 0 Å². The molecule has 1 rings (SSSR count). The number of aromatic nitrogens is 2. The fourth-order valence-electron chi connectivity index (χ4n) is 0.988. The zero-order chi connectivity index (χ0) is 8.27. The lowest BCUT2D eigenvalue weighted by atomic mass is 10.1. The van der Waals surface area contributed by atoms with E-state index in [1.54, 1.807) is 0 Å². The molecule has 0 spiro atoms. The minimum atomic E-state index is 0.651. The number of aryl methyl sites for hydroxylation is 1. The Balaban J connectivity index is 2.71. The highest BCUT2D eigenvalue weighted by molar-refractivity contribution is 5.00. The third kappa shape index (κ3) is 2.66. The SMILES string of the molecule is Cc1n[c]cc(CC(C)C)n1. The van der Waals surface area contributed by atoms with E-state index in [9.17, 15) is 0 Å². The molecule has 0 bridgehead atoms. The summed E-state index contributed by atoms with van der Waals surface area (Å²) in [4.78, 5) is 8.18. The first-order chi connectivity index (χ1) is 5.18. The molecule has 0 atom stereocenters. The Morgan fingerprint density at radius 1 is 1.55 bits per heavy atom. The van der Waals surface area contributed by atoms with Gasteiger partial charge in [0.25, 0.3) is 0 Å². The number of rotatable bonds is 2. The van der Waals surface area contributed by atoms with Gasteiger partial charge in [-0.2, -0.15) is 0 Å². The van der Waals surface area contributed by atoms with Gasteiger partial charge in [0.15, 0.2) is 0 Å². The molecule has 0 amide bonds. The Labute approximate surface area is 67.7 Å². The molecule has 1 aromatic rings. The normalized spacial score (nSPS) is 10.5. The van der Waals surface area contributed by atoms with Crippen molar-refractivity contribution in [2.45, 2.75) is 27.2 Å². The van der Waals surface area contributed by atoms with Gasteiger partial charge in [-0.3, -0.25) is 0 Å². The Hall–Kier alpha value is -0.920. The molecular weight excluding hydrogens is 136 g/mol. The van der Waals surface area contributed by atoms with Gasteiger partial charge in [0.1, 0.15) is 5.82 Å². The highest BCUT2D eigenvalue weighted by atomic mass is 14.9.